The van der Waals surface area contributed by atoms with E-state index >= 15 is 0 Å². The number of hydrogen-bond acceptors (Lipinski definition) is 1. The minimum atomic E-state index is 0.163. The molecule has 1 aliphatic rings. The minimum absolute atomic E-state index is 0.163. The summed E-state index contributed by atoms with van der Waals surface area (Å²) in [7, 11) is 0. The molecule has 0 saturated heterocycles. The second-order valence-electron chi connectivity index (χ2n) is 4.35. The van der Waals surface area contributed by atoms with E-state index in [1.807, 2.05) is 0 Å². The predicted octanol–water partition coefficient (Wildman–Crippen LogP) is 2.49. The van der Waals surface area contributed by atoms with Gasteiger partial charge < -0.3 is 5.32 Å². The van der Waals surface area contributed by atoms with Gasteiger partial charge in [0.15, 0.2) is 0 Å². The summed E-state index contributed by atoms with van der Waals surface area (Å²) < 4.78 is 0. The van der Waals surface area contributed by atoms with E-state index < -0.39 is 0 Å². The van der Waals surface area contributed by atoms with Crippen molar-refractivity contribution in [2.24, 2.45) is 5.92 Å². The van der Waals surface area contributed by atoms with Crippen molar-refractivity contribution in [1.82, 2.24) is 5.32 Å². The Morgan fingerprint density at radius 2 is 2.07 bits per heavy atom. The Hall–Kier alpha value is -0.970. The lowest BCUT2D eigenvalue weighted by molar-refractivity contribution is -0.121. The van der Waals surface area contributed by atoms with Gasteiger partial charge in [0, 0.05) is 19.4 Å². The van der Waals surface area contributed by atoms with Crippen molar-refractivity contribution < 1.29 is 4.79 Å². The lowest BCUT2D eigenvalue weighted by Gasteiger charge is -2.20. The second-order valence-corrected chi connectivity index (χ2v) is 4.35. The molecule has 1 rings (SSSR count). The molecule has 1 N–H and O–H groups in total. The van der Waals surface area contributed by atoms with E-state index in [2.05, 4.69) is 11.2 Å². The SMILES string of the molecule is C#CCCNC(=O)CCC1CCCCC1. The second kappa shape index (κ2) is 7.34. The zero-order chi connectivity index (χ0) is 10.9. The van der Waals surface area contributed by atoms with E-state index in [1.165, 1.54) is 32.1 Å². The predicted molar refractivity (Wildman–Crippen MR) is 62.3 cm³/mol. The maximum atomic E-state index is 11.4. The van der Waals surface area contributed by atoms with Gasteiger partial charge in [-0.3, -0.25) is 4.79 Å². The largest absolute Gasteiger partial charge is 0.355 e. The number of terminal acetylenes is 1. The molecule has 1 aliphatic carbocycles. The number of amides is 1. The summed E-state index contributed by atoms with van der Waals surface area (Å²) >= 11 is 0. The Balaban J connectivity index is 2.03. The van der Waals surface area contributed by atoms with Gasteiger partial charge >= 0.3 is 0 Å². The van der Waals surface area contributed by atoms with Gasteiger partial charge in [-0.15, -0.1) is 12.3 Å². The van der Waals surface area contributed by atoms with Crippen molar-refractivity contribution in [2.45, 2.75) is 51.4 Å². The van der Waals surface area contributed by atoms with E-state index in [0.717, 1.165) is 12.3 Å². The average molecular weight is 207 g/mol. The molecule has 2 heteroatoms. The molecule has 1 fully saturated rings. The van der Waals surface area contributed by atoms with Gasteiger partial charge in [0.1, 0.15) is 0 Å². The highest BCUT2D eigenvalue weighted by Crippen LogP contribution is 2.27. The summed E-state index contributed by atoms with van der Waals surface area (Å²) in [5, 5.41) is 2.84. The van der Waals surface area contributed by atoms with Crippen LogP contribution in [0.4, 0.5) is 0 Å². The zero-order valence-corrected chi connectivity index (χ0v) is 9.43. The van der Waals surface area contributed by atoms with E-state index in [4.69, 9.17) is 6.42 Å². The first kappa shape index (κ1) is 12.1. The van der Waals surface area contributed by atoms with Gasteiger partial charge in [0.2, 0.25) is 5.91 Å². The maximum absolute atomic E-state index is 11.4. The fourth-order valence-corrected chi connectivity index (χ4v) is 2.17. The lowest BCUT2D eigenvalue weighted by atomic mass is 9.86. The highest BCUT2D eigenvalue weighted by atomic mass is 16.1. The standard InChI is InChI=1S/C13H21NO/c1-2-3-11-14-13(15)10-9-12-7-5-4-6-8-12/h1,12H,3-11H2,(H,14,15). The van der Waals surface area contributed by atoms with Gasteiger partial charge in [-0.1, -0.05) is 32.1 Å². The summed E-state index contributed by atoms with van der Waals surface area (Å²) in [4.78, 5) is 11.4. The Labute approximate surface area is 92.8 Å². The zero-order valence-electron chi connectivity index (χ0n) is 9.43. The molecule has 0 heterocycles. The van der Waals surface area contributed by atoms with Crippen molar-refractivity contribution in [3.8, 4) is 12.3 Å². The molecule has 0 aromatic rings. The third kappa shape index (κ3) is 5.47. The first-order chi connectivity index (χ1) is 7.33. The van der Waals surface area contributed by atoms with Crippen molar-refractivity contribution in [3.63, 3.8) is 0 Å². The minimum Gasteiger partial charge on any atom is -0.355 e. The molecule has 15 heavy (non-hydrogen) atoms. The summed E-state index contributed by atoms with van der Waals surface area (Å²) in [5.74, 6) is 3.47. The van der Waals surface area contributed by atoms with E-state index in [0.29, 0.717) is 19.4 Å². The van der Waals surface area contributed by atoms with E-state index in [9.17, 15) is 4.79 Å². The molecule has 0 aliphatic heterocycles. The highest BCUT2D eigenvalue weighted by Gasteiger charge is 2.14. The van der Waals surface area contributed by atoms with Gasteiger partial charge in [-0.25, -0.2) is 0 Å². The third-order valence-corrected chi connectivity index (χ3v) is 3.10. The average Bonchev–Trinajstić information content (AvgIpc) is 2.28. The van der Waals surface area contributed by atoms with E-state index in [1.54, 1.807) is 0 Å². The monoisotopic (exact) mass is 207 g/mol. The van der Waals surface area contributed by atoms with Gasteiger partial charge in [0.25, 0.3) is 0 Å². The Morgan fingerprint density at radius 3 is 2.73 bits per heavy atom. The highest BCUT2D eigenvalue weighted by molar-refractivity contribution is 5.75. The Kier molecular flexibility index (Phi) is 5.92. The molecule has 2 nitrogen and oxygen atoms in total. The summed E-state index contributed by atoms with van der Waals surface area (Å²) in [6.07, 6.45) is 14.2. The van der Waals surface area contributed by atoms with Crippen LogP contribution in [0, 0.1) is 18.3 Å². The number of carbonyl (C=O) groups excluding carboxylic acids is 1. The van der Waals surface area contributed by atoms with Crippen molar-refractivity contribution in [1.29, 1.82) is 0 Å². The fourth-order valence-electron chi connectivity index (χ4n) is 2.17. The molecule has 0 spiro atoms. The molecular weight excluding hydrogens is 186 g/mol. The molecule has 0 atom stereocenters. The summed E-state index contributed by atoms with van der Waals surface area (Å²) in [5.41, 5.74) is 0. The van der Waals surface area contributed by atoms with Crippen LogP contribution >= 0.6 is 0 Å². The maximum Gasteiger partial charge on any atom is 0.220 e. The molecule has 0 bridgehead atoms. The molecule has 0 aromatic heterocycles. The van der Waals surface area contributed by atoms with Crippen LogP contribution in [0.15, 0.2) is 0 Å². The number of hydrogen-bond donors (Lipinski definition) is 1. The van der Waals surface area contributed by atoms with Crippen LogP contribution in [0.2, 0.25) is 0 Å². The van der Waals surface area contributed by atoms with Gasteiger partial charge in [-0.2, -0.15) is 0 Å². The lowest BCUT2D eigenvalue weighted by Crippen LogP contribution is -2.24. The van der Waals surface area contributed by atoms with Gasteiger partial charge in [0.05, 0.1) is 0 Å². The number of carbonyl (C=O) groups is 1. The van der Waals surface area contributed by atoms with Crippen LogP contribution in [-0.4, -0.2) is 12.5 Å². The normalized spacial score (nSPS) is 17.0. The smallest absolute Gasteiger partial charge is 0.220 e. The van der Waals surface area contributed by atoms with Crippen LogP contribution in [-0.2, 0) is 4.79 Å². The van der Waals surface area contributed by atoms with Crippen LogP contribution < -0.4 is 5.32 Å². The number of rotatable bonds is 5. The molecule has 1 amide bonds. The molecular formula is C13H21NO. The van der Waals surface area contributed by atoms with Crippen LogP contribution in [0.5, 0.6) is 0 Å². The molecule has 84 valence electrons. The van der Waals surface area contributed by atoms with Crippen molar-refractivity contribution in [3.05, 3.63) is 0 Å². The third-order valence-electron chi connectivity index (χ3n) is 3.10. The number of nitrogens with one attached hydrogen (secondary N) is 1. The van der Waals surface area contributed by atoms with Crippen LogP contribution in [0.25, 0.3) is 0 Å². The van der Waals surface area contributed by atoms with Crippen LogP contribution in [0.1, 0.15) is 51.4 Å². The van der Waals surface area contributed by atoms with E-state index in [-0.39, 0.29) is 5.91 Å². The first-order valence-corrected chi connectivity index (χ1v) is 6.03. The molecule has 1 saturated carbocycles. The summed E-state index contributed by atoms with van der Waals surface area (Å²) in [6, 6.07) is 0. The van der Waals surface area contributed by atoms with Crippen molar-refractivity contribution in [2.75, 3.05) is 6.54 Å². The quantitative estimate of drug-likeness (QED) is 0.544. The topological polar surface area (TPSA) is 29.1 Å². The Bertz CT molecular complexity index is 223. The fraction of sp³-hybridized carbons (Fsp3) is 0.769. The van der Waals surface area contributed by atoms with Crippen LogP contribution in [0.3, 0.4) is 0 Å². The molecule has 0 aromatic carbocycles. The molecule has 0 radical (unpaired) electrons. The molecule has 0 unspecified atom stereocenters. The summed E-state index contributed by atoms with van der Waals surface area (Å²) in [6.45, 7) is 0.625. The first-order valence-electron chi connectivity index (χ1n) is 6.03. The van der Waals surface area contributed by atoms with Crippen molar-refractivity contribution >= 4 is 5.91 Å². The van der Waals surface area contributed by atoms with Gasteiger partial charge in [-0.05, 0) is 12.3 Å². The Morgan fingerprint density at radius 1 is 1.33 bits per heavy atom.